The van der Waals surface area contributed by atoms with Gasteiger partial charge in [-0.15, -0.1) is 0 Å². The Labute approximate surface area is 273 Å². The van der Waals surface area contributed by atoms with Crippen molar-refractivity contribution >= 4 is 17.9 Å². The summed E-state index contributed by atoms with van der Waals surface area (Å²) in [4.78, 5) is 40.8. The third-order valence-electron chi connectivity index (χ3n) is 6.22. The monoisotopic (exact) mass is 646 g/mol. The lowest BCUT2D eigenvalue weighted by molar-refractivity contribution is -0.189. The van der Waals surface area contributed by atoms with Gasteiger partial charge in [0.2, 0.25) is 0 Å². The number of ether oxygens (including phenoxy) is 7. The van der Waals surface area contributed by atoms with Gasteiger partial charge < -0.3 is 33.2 Å². The fraction of sp³-hybridized carbons (Fsp3) is 0.914. The molecule has 0 bridgehead atoms. The molecule has 0 N–H and O–H groups in total. The predicted octanol–water partition coefficient (Wildman–Crippen LogP) is 6.69. The smallest absolute Gasteiger partial charge is 0.319 e. The number of esters is 3. The summed E-state index contributed by atoms with van der Waals surface area (Å²) in [7, 11) is 0. The van der Waals surface area contributed by atoms with Crippen molar-refractivity contribution in [1.82, 2.24) is 0 Å². The van der Waals surface area contributed by atoms with Gasteiger partial charge in [0, 0.05) is 0 Å². The molecule has 10 heteroatoms. The summed E-state index contributed by atoms with van der Waals surface area (Å²) in [5, 5.41) is 0. The second-order valence-electron chi connectivity index (χ2n) is 17.9. The molecule has 0 spiro atoms. The van der Waals surface area contributed by atoms with Crippen molar-refractivity contribution in [3.8, 4) is 0 Å². The molecular weight excluding hydrogens is 580 g/mol. The molecule has 0 radical (unpaired) electrons. The molecule has 10 nitrogen and oxygen atoms in total. The van der Waals surface area contributed by atoms with Crippen LogP contribution in [0, 0.1) is 16.2 Å². The molecule has 0 rings (SSSR count). The average Bonchev–Trinajstić information content (AvgIpc) is 2.82. The summed E-state index contributed by atoms with van der Waals surface area (Å²) in [6.07, 6.45) is 0. The van der Waals surface area contributed by atoms with E-state index >= 15 is 0 Å². The second-order valence-corrected chi connectivity index (χ2v) is 17.9. The van der Waals surface area contributed by atoms with Crippen LogP contribution in [-0.2, 0) is 47.5 Å². The van der Waals surface area contributed by atoms with Gasteiger partial charge in [-0.3, -0.25) is 14.4 Å². The van der Waals surface area contributed by atoms with Gasteiger partial charge in [-0.25, -0.2) is 0 Å². The zero-order valence-corrected chi connectivity index (χ0v) is 31.8. The molecule has 0 atom stereocenters. The highest BCUT2D eigenvalue weighted by molar-refractivity contribution is 5.81. The SMILES string of the molecule is CC(C)(C)OCC(C)(COC(C)(C)C)C(=O)OCC(C)(COC(=O)C(C)(COC(C)(C)C)COC(C)(C)C)C(=O)OC(C)(C)C. The maximum absolute atomic E-state index is 13.6. The minimum atomic E-state index is -1.52. The van der Waals surface area contributed by atoms with E-state index in [1.165, 1.54) is 0 Å². The summed E-state index contributed by atoms with van der Waals surface area (Å²) in [6, 6.07) is 0. The van der Waals surface area contributed by atoms with Gasteiger partial charge in [-0.1, -0.05) is 0 Å². The molecule has 0 aliphatic heterocycles. The van der Waals surface area contributed by atoms with Crippen LogP contribution in [0.3, 0.4) is 0 Å². The Hall–Kier alpha value is -1.75. The Morgan fingerprint density at radius 1 is 0.333 bits per heavy atom. The molecule has 0 amide bonds. The lowest BCUT2D eigenvalue weighted by atomic mass is 9.89. The number of carbonyl (C=O) groups excluding carboxylic acids is 3. The number of hydrogen-bond donors (Lipinski definition) is 0. The van der Waals surface area contributed by atoms with E-state index in [1.807, 2.05) is 83.1 Å². The van der Waals surface area contributed by atoms with Crippen LogP contribution in [-0.4, -0.2) is 85.6 Å². The Balaban J connectivity index is 6.21. The van der Waals surface area contributed by atoms with Gasteiger partial charge >= 0.3 is 17.9 Å². The van der Waals surface area contributed by atoms with E-state index in [1.54, 1.807) is 41.5 Å². The first-order valence-electron chi connectivity index (χ1n) is 15.8. The molecule has 45 heavy (non-hydrogen) atoms. The Morgan fingerprint density at radius 3 is 0.756 bits per heavy atom. The standard InChI is InChI=1S/C35H66O10/c1-28(2,3)41-21-34(17,22-42-29(4,5)6)25(36)39-19-33(16,27(38)45-32(13,14)15)20-40-26(37)35(18,23-43-30(7,8)9)24-44-31(10,11)12/h19-24H2,1-18H3. The number of hydrogen-bond acceptors (Lipinski definition) is 10. The second kappa shape index (κ2) is 15.4. The van der Waals surface area contributed by atoms with E-state index in [-0.39, 0.29) is 26.4 Å². The fourth-order valence-electron chi connectivity index (χ4n) is 3.18. The van der Waals surface area contributed by atoms with Crippen molar-refractivity contribution < 1.29 is 47.5 Å². The lowest BCUT2D eigenvalue weighted by Gasteiger charge is -2.36. The van der Waals surface area contributed by atoms with E-state index in [2.05, 4.69) is 0 Å². The van der Waals surface area contributed by atoms with Gasteiger partial charge in [0.15, 0.2) is 0 Å². The van der Waals surface area contributed by atoms with E-state index in [0.717, 1.165) is 0 Å². The highest BCUT2D eigenvalue weighted by Crippen LogP contribution is 2.31. The lowest BCUT2D eigenvalue weighted by Crippen LogP contribution is -2.48. The zero-order chi connectivity index (χ0) is 35.9. The van der Waals surface area contributed by atoms with Crippen LogP contribution in [0.15, 0.2) is 0 Å². The van der Waals surface area contributed by atoms with Crippen LogP contribution in [0.5, 0.6) is 0 Å². The third kappa shape index (κ3) is 18.2. The van der Waals surface area contributed by atoms with Crippen LogP contribution in [0.1, 0.15) is 125 Å². The average molecular weight is 647 g/mol. The molecule has 0 aromatic carbocycles. The van der Waals surface area contributed by atoms with Crippen LogP contribution >= 0.6 is 0 Å². The number of rotatable bonds is 15. The summed E-state index contributed by atoms with van der Waals surface area (Å²) in [5.74, 6) is -1.90. The quantitative estimate of drug-likeness (QED) is 0.141. The summed E-state index contributed by atoms with van der Waals surface area (Å²) >= 11 is 0. The minimum absolute atomic E-state index is 0.0312. The van der Waals surface area contributed by atoms with Crippen LogP contribution in [0.25, 0.3) is 0 Å². The molecule has 266 valence electrons. The minimum Gasteiger partial charge on any atom is -0.464 e. The normalized spacial score (nSPS) is 14.3. The maximum Gasteiger partial charge on any atom is 0.319 e. The van der Waals surface area contributed by atoms with Crippen molar-refractivity contribution in [2.45, 2.75) is 153 Å². The maximum atomic E-state index is 13.6. The Morgan fingerprint density at radius 2 is 0.556 bits per heavy atom. The van der Waals surface area contributed by atoms with E-state index in [4.69, 9.17) is 33.2 Å². The van der Waals surface area contributed by atoms with E-state index in [9.17, 15) is 14.4 Å². The summed E-state index contributed by atoms with van der Waals surface area (Å²) in [6.45, 7) is 32.2. The van der Waals surface area contributed by atoms with Crippen molar-refractivity contribution in [1.29, 1.82) is 0 Å². The number of carbonyl (C=O) groups is 3. The summed E-state index contributed by atoms with van der Waals surface area (Å²) < 4.78 is 41.2. The van der Waals surface area contributed by atoms with Gasteiger partial charge in [-0.2, -0.15) is 0 Å². The molecule has 0 aromatic rings. The molecular formula is C35H66O10. The van der Waals surface area contributed by atoms with Crippen LogP contribution < -0.4 is 0 Å². The predicted molar refractivity (Wildman–Crippen MR) is 175 cm³/mol. The van der Waals surface area contributed by atoms with Crippen molar-refractivity contribution in [3.63, 3.8) is 0 Å². The topological polar surface area (TPSA) is 116 Å². The van der Waals surface area contributed by atoms with Gasteiger partial charge in [0.1, 0.15) is 35.1 Å². The first kappa shape index (κ1) is 43.2. The van der Waals surface area contributed by atoms with Gasteiger partial charge in [0.25, 0.3) is 0 Å². The van der Waals surface area contributed by atoms with Crippen molar-refractivity contribution in [2.24, 2.45) is 16.2 Å². The van der Waals surface area contributed by atoms with Crippen molar-refractivity contribution in [2.75, 3.05) is 39.6 Å². The Kier molecular flexibility index (Phi) is 14.8. The third-order valence-corrected chi connectivity index (χ3v) is 6.22. The molecule has 0 aromatic heterocycles. The highest BCUT2D eigenvalue weighted by Gasteiger charge is 2.46. The fourth-order valence-corrected chi connectivity index (χ4v) is 3.18. The van der Waals surface area contributed by atoms with Gasteiger partial charge in [-0.05, 0) is 125 Å². The highest BCUT2D eigenvalue weighted by atomic mass is 16.6. The molecule has 0 fully saturated rings. The van der Waals surface area contributed by atoms with E-state index in [0.29, 0.717) is 0 Å². The first-order chi connectivity index (χ1) is 19.7. The molecule has 0 aliphatic rings. The van der Waals surface area contributed by atoms with Crippen LogP contribution in [0.4, 0.5) is 0 Å². The largest absolute Gasteiger partial charge is 0.464 e. The molecule has 0 unspecified atom stereocenters. The molecule has 0 saturated heterocycles. The first-order valence-corrected chi connectivity index (χ1v) is 15.8. The van der Waals surface area contributed by atoms with Crippen LogP contribution in [0.2, 0.25) is 0 Å². The zero-order valence-electron chi connectivity index (χ0n) is 31.8. The van der Waals surface area contributed by atoms with Crippen molar-refractivity contribution in [3.05, 3.63) is 0 Å². The molecule has 0 heterocycles. The molecule has 0 aliphatic carbocycles. The van der Waals surface area contributed by atoms with Gasteiger partial charge in [0.05, 0.1) is 48.8 Å². The molecule has 0 saturated carbocycles. The van der Waals surface area contributed by atoms with E-state index < -0.39 is 75.4 Å². The summed E-state index contributed by atoms with van der Waals surface area (Å²) in [5.41, 5.74) is -6.77. The Bertz CT molecular complexity index is 867.